The molecule has 62 valence electrons. The molecule has 0 aliphatic heterocycles. The van der Waals surface area contributed by atoms with E-state index in [4.69, 9.17) is 5.11 Å². The van der Waals surface area contributed by atoms with Crippen LogP contribution in [0.2, 0.25) is 0 Å². The quantitative estimate of drug-likeness (QED) is 0.570. The van der Waals surface area contributed by atoms with Crippen LogP contribution in [0.5, 0.6) is 0 Å². The molecule has 0 spiro atoms. The molecular weight excluding hydrogens is 136 g/mol. The minimum Gasteiger partial charge on any atom is -0.389 e. The molecule has 0 radical (unpaired) electrons. The van der Waals surface area contributed by atoms with Gasteiger partial charge in [0.05, 0.1) is 6.10 Å². The number of allylic oxidation sites excluding steroid dienone is 1. The van der Waals surface area contributed by atoms with Crippen molar-refractivity contribution in [1.29, 1.82) is 0 Å². The summed E-state index contributed by atoms with van der Waals surface area (Å²) in [6, 6.07) is 0. The van der Waals surface area contributed by atoms with Gasteiger partial charge >= 0.3 is 0 Å². The van der Waals surface area contributed by atoms with Gasteiger partial charge in [-0.25, -0.2) is 0 Å². The molecule has 2 aliphatic rings. The lowest BCUT2D eigenvalue weighted by molar-refractivity contribution is 0.242. The molecule has 1 N–H and O–H groups in total. The molecule has 3 unspecified atom stereocenters. The maximum atomic E-state index is 9.16. The van der Waals surface area contributed by atoms with Crippen LogP contribution in [0.1, 0.15) is 32.6 Å². The van der Waals surface area contributed by atoms with E-state index in [1.54, 1.807) is 0 Å². The van der Waals surface area contributed by atoms with Gasteiger partial charge in [-0.05, 0) is 44.4 Å². The monoisotopic (exact) mass is 152 g/mol. The van der Waals surface area contributed by atoms with E-state index in [0.717, 1.165) is 11.8 Å². The smallest absolute Gasteiger partial charge is 0.0695 e. The Kier molecular flexibility index (Phi) is 1.76. The molecule has 2 saturated carbocycles. The Morgan fingerprint density at radius 3 is 2.82 bits per heavy atom. The molecule has 3 atom stereocenters. The van der Waals surface area contributed by atoms with Crippen molar-refractivity contribution in [2.24, 2.45) is 11.8 Å². The molecule has 2 aliphatic carbocycles. The second kappa shape index (κ2) is 2.63. The maximum Gasteiger partial charge on any atom is 0.0695 e. The number of aliphatic hydroxyl groups excluding tert-OH is 1. The molecule has 0 amide bonds. The molecule has 2 rings (SSSR count). The van der Waals surface area contributed by atoms with Crippen LogP contribution in [0.3, 0.4) is 0 Å². The van der Waals surface area contributed by atoms with Gasteiger partial charge in [-0.15, -0.1) is 0 Å². The first-order valence-electron chi connectivity index (χ1n) is 4.64. The molecule has 1 heteroatoms. The fourth-order valence-corrected chi connectivity index (χ4v) is 2.61. The van der Waals surface area contributed by atoms with Crippen LogP contribution in [-0.2, 0) is 0 Å². The van der Waals surface area contributed by atoms with Gasteiger partial charge in [-0.3, -0.25) is 0 Å². The average molecular weight is 152 g/mol. The van der Waals surface area contributed by atoms with Crippen molar-refractivity contribution >= 4 is 0 Å². The molecule has 0 aromatic carbocycles. The highest BCUT2D eigenvalue weighted by atomic mass is 16.3. The van der Waals surface area contributed by atoms with E-state index in [-0.39, 0.29) is 6.10 Å². The van der Waals surface area contributed by atoms with Crippen LogP contribution in [0, 0.1) is 11.8 Å². The largest absolute Gasteiger partial charge is 0.389 e. The van der Waals surface area contributed by atoms with Crippen molar-refractivity contribution in [2.45, 2.75) is 38.7 Å². The lowest BCUT2D eigenvalue weighted by Gasteiger charge is -2.13. The van der Waals surface area contributed by atoms with Crippen molar-refractivity contribution in [2.75, 3.05) is 0 Å². The summed E-state index contributed by atoms with van der Waals surface area (Å²) in [6.45, 7) is 1.85. The summed E-state index contributed by atoms with van der Waals surface area (Å²) in [7, 11) is 0. The first-order valence-corrected chi connectivity index (χ1v) is 4.64. The summed E-state index contributed by atoms with van der Waals surface area (Å²) >= 11 is 0. The minimum absolute atomic E-state index is 0.232. The van der Waals surface area contributed by atoms with Gasteiger partial charge in [-0.2, -0.15) is 0 Å². The lowest BCUT2D eigenvalue weighted by atomic mass is 9.94. The minimum atomic E-state index is -0.232. The van der Waals surface area contributed by atoms with E-state index in [0.29, 0.717) is 0 Å². The number of fused-ring (bicyclic) bond motifs is 2. The number of hydrogen-bond acceptors (Lipinski definition) is 1. The average Bonchev–Trinajstić information content (AvgIpc) is 2.45. The summed E-state index contributed by atoms with van der Waals surface area (Å²) in [6.07, 6.45) is 7.31. The molecule has 1 nitrogen and oxygen atoms in total. The van der Waals surface area contributed by atoms with Crippen LogP contribution in [0.4, 0.5) is 0 Å². The van der Waals surface area contributed by atoms with E-state index in [2.05, 4.69) is 6.08 Å². The number of rotatable bonds is 1. The first kappa shape index (κ1) is 7.35. The molecule has 0 aromatic rings. The predicted molar refractivity (Wildman–Crippen MR) is 45.2 cm³/mol. The summed E-state index contributed by atoms with van der Waals surface area (Å²) in [4.78, 5) is 0. The van der Waals surface area contributed by atoms with Crippen molar-refractivity contribution in [3.05, 3.63) is 11.6 Å². The zero-order chi connectivity index (χ0) is 7.84. The highest BCUT2D eigenvalue weighted by molar-refractivity contribution is 5.17. The standard InChI is InChI=1S/C10H16O/c1-7(11)4-10-6-8-2-3-9(10)5-8/h4,7-9,11H,2-3,5-6H2,1H3. The Hall–Kier alpha value is -0.300. The number of hydrogen-bond donors (Lipinski definition) is 1. The molecule has 0 heterocycles. The summed E-state index contributed by atoms with van der Waals surface area (Å²) < 4.78 is 0. The fourth-order valence-electron chi connectivity index (χ4n) is 2.61. The predicted octanol–water partition coefficient (Wildman–Crippen LogP) is 2.11. The van der Waals surface area contributed by atoms with E-state index in [9.17, 15) is 0 Å². The molecule has 2 bridgehead atoms. The molecule has 2 fully saturated rings. The van der Waals surface area contributed by atoms with E-state index in [1.165, 1.54) is 31.3 Å². The second-order valence-electron chi connectivity index (χ2n) is 4.06. The molecule has 0 saturated heterocycles. The zero-order valence-electron chi connectivity index (χ0n) is 7.09. The SMILES string of the molecule is CC(O)C=C1CC2CCC1C2. The van der Waals surface area contributed by atoms with Gasteiger partial charge in [0.15, 0.2) is 0 Å². The van der Waals surface area contributed by atoms with Crippen LogP contribution in [0.15, 0.2) is 11.6 Å². The Morgan fingerprint density at radius 1 is 1.55 bits per heavy atom. The maximum absolute atomic E-state index is 9.16. The number of aliphatic hydroxyl groups is 1. The Balaban J connectivity index is 2.07. The summed E-state index contributed by atoms with van der Waals surface area (Å²) in [5.74, 6) is 1.81. The van der Waals surface area contributed by atoms with E-state index in [1.807, 2.05) is 6.92 Å². The highest BCUT2D eigenvalue weighted by Gasteiger charge is 2.34. The first-order chi connectivity index (χ1) is 5.25. The van der Waals surface area contributed by atoms with Crippen molar-refractivity contribution in [3.8, 4) is 0 Å². The Morgan fingerprint density at radius 2 is 2.36 bits per heavy atom. The van der Waals surface area contributed by atoms with Gasteiger partial charge in [0.1, 0.15) is 0 Å². The Bertz CT molecular complexity index is 181. The van der Waals surface area contributed by atoms with Gasteiger partial charge in [0.25, 0.3) is 0 Å². The van der Waals surface area contributed by atoms with E-state index >= 15 is 0 Å². The topological polar surface area (TPSA) is 20.2 Å². The fraction of sp³-hybridized carbons (Fsp3) is 0.800. The van der Waals surface area contributed by atoms with Gasteiger partial charge in [0.2, 0.25) is 0 Å². The third-order valence-corrected chi connectivity index (χ3v) is 3.05. The van der Waals surface area contributed by atoms with Gasteiger partial charge < -0.3 is 5.11 Å². The second-order valence-corrected chi connectivity index (χ2v) is 4.06. The van der Waals surface area contributed by atoms with Crippen LogP contribution < -0.4 is 0 Å². The molecular formula is C10H16O. The lowest BCUT2D eigenvalue weighted by Crippen LogP contribution is -2.02. The molecule has 0 aromatic heterocycles. The summed E-state index contributed by atoms with van der Waals surface area (Å²) in [5, 5.41) is 9.16. The third-order valence-electron chi connectivity index (χ3n) is 3.05. The van der Waals surface area contributed by atoms with E-state index < -0.39 is 0 Å². The third kappa shape index (κ3) is 1.34. The van der Waals surface area contributed by atoms with Crippen LogP contribution >= 0.6 is 0 Å². The Labute approximate surface area is 68.1 Å². The van der Waals surface area contributed by atoms with Crippen molar-refractivity contribution < 1.29 is 5.11 Å². The van der Waals surface area contributed by atoms with Crippen LogP contribution in [0.25, 0.3) is 0 Å². The zero-order valence-corrected chi connectivity index (χ0v) is 7.09. The highest BCUT2D eigenvalue weighted by Crippen LogP contribution is 2.47. The normalized spacial score (nSPS) is 41.8. The van der Waals surface area contributed by atoms with Crippen LogP contribution in [-0.4, -0.2) is 11.2 Å². The van der Waals surface area contributed by atoms with Gasteiger partial charge in [-0.1, -0.05) is 11.6 Å². The summed E-state index contributed by atoms with van der Waals surface area (Å²) in [5.41, 5.74) is 1.54. The van der Waals surface area contributed by atoms with Crippen molar-refractivity contribution in [3.63, 3.8) is 0 Å². The molecule has 11 heavy (non-hydrogen) atoms. The van der Waals surface area contributed by atoms with Gasteiger partial charge in [0, 0.05) is 0 Å². The van der Waals surface area contributed by atoms with Crippen molar-refractivity contribution in [1.82, 2.24) is 0 Å².